The molecule has 0 aliphatic carbocycles. The third kappa shape index (κ3) is 3.43. The maximum absolute atomic E-state index is 11.4. The van der Waals surface area contributed by atoms with Crippen LogP contribution < -0.4 is 5.32 Å². The van der Waals surface area contributed by atoms with Crippen molar-refractivity contribution < 1.29 is 9.53 Å². The quantitative estimate of drug-likeness (QED) is 0.750. The average Bonchev–Trinajstić information content (AvgIpc) is 2.59. The van der Waals surface area contributed by atoms with Crippen molar-refractivity contribution >= 4 is 17.2 Å². The van der Waals surface area contributed by atoms with E-state index in [2.05, 4.69) is 10.3 Å². The first-order valence-corrected chi connectivity index (χ1v) is 5.31. The lowest BCUT2D eigenvalue weighted by Crippen LogP contribution is -2.25. The molecule has 4 nitrogen and oxygen atoms in total. The summed E-state index contributed by atoms with van der Waals surface area (Å²) in [4.78, 5) is 15.5. The fourth-order valence-corrected chi connectivity index (χ4v) is 1.66. The van der Waals surface area contributed by atoms with Gasteiger partial charge in [-0.3, -0.25) is 4.79 Å². The van der Waals surface area contributed by atoms with Crippen molar-refractivity contribution in [2.45, 2.75) is 13.3 Å². The minimum atomic E-state index is -0.0980. The summed E-state index contributed by atoms with van der Waals surface area (Å²) in [6, 6.07) is 0. The molecule has 0 atom stereocenters. The van der Waals surface area contributed by atoms with Crippen molar-refractivity contribution in [1.29, 1.82) is 0 Å². The Morgan fingerprint density at radius 1 is 1.71 bits per heavy atom. The van der Waals surface area contributed by atoms with Gasteiger partial charge in [-0.2, -0.15) is 0 Å². The fourth-order valence-electron chi connectivity index (χ4n) is 0.952. The number of carbonyl (C=O) groups is 1. The molecular weight excluding hydrogens is 200 g/mol. The van der Waals surface area contributed by atoms with E-state index in [4.69, 9.17) is 4.74 Å². The lowest BCUT2D eigenvalue weighted by atomic mass is 10.4. The summed E-state index contributed by atoms with van der Waals surface area (Å²) < 4.78 is 4.87. The van der Waals surface area contributed by atoms with Crippen molar-refractivity contribution in [2.24, 2.45) is 0 Å². The number of carbonyl (C=O) groups excluding carboxylic acids is 1. The number of hydrogen-bond donors (Lipinski definition) is 1. The maximum atomic E-state index is 11.4. The highest BCUT2D eigenvalue weighted by Gasteiger charge is 2.07. The molecule has 0 aliphatic rings. The highest BCUT2D eigenvalue weighted by molar-refractivity contribution is 7.11. The molecule has 1 aromatic rings. The third-order valence-electron chi connectivity index (χ3n) is 1.62. The van der Waals surface area contributed by atoms with Crippen LogP contribution in [-0.2, 0) is 4.74 Å². The predicted molar refractivity (Wildman–Crippen MR) is 55.7 cm³/mol. The molecule has 0 fully saturated rings. The molecule has 0 spiro atoms. The molecule has 5 heteroatoms. The molecule has 0 unspecified atom stereocenters. The van der Waals surface area contributed by atoms with Gasteiger partial charge in [0.25, 0.3) is 5.91 Å². The summed E-state index contributed by atoms with van der Waals surface area (Å²) in [6.07, 6.45) is 0.826. The Morgan fingerprint density at radius 3 is 3.07 bits per heavy atom. The third-order valence-corrected chi connectivity index (χ3v) is 2.58. The highest BCUT2D eigenvalue weighted by Crippen LogP contribution is 2.07. The normalized spacial score (nSPS) is 10.1. The molecular formula is C9H14N2O2S. The molecule has 1 aromatic heterocycles. The molecule has 0 saturated carbocycles. The van der Waals surface area contributed by atoms with E-state index in [1.165, 1.54) is 11.3 Å². The number of methoxy groups -OCH3 is 1. The van der Waals surface area contributed by atoms with Gasteiger partial charge in [0.15, 0.2) is 5.01 Å². The van der Waals surface area contributed by atoms with Crippen molar-refractivity contribution in [2.75, 3.05) is 20.3 Å². The number of amides is 1. The first-order chi connectivity index (χ1) is 6.74. The van der Waals surface area contributed by atoms with Crippen molar-refractivity contribution in [3.05, 3.63) is 16.1 Å². The number of rotatable bonds is 5. The molecule has 1 heterocycles. The van der Waals surface area contributed by atoms with E-state index in [1.807, 2.05) is 12.3 Å². The first kappa shape index (κ1) is 11.1. The van der Waals surface area contributed by atoms with E-state index < -0.39 is 0 Å². The summed E-state index contributed by atoms with van der Waals surface area (Å²) in [5.41, 5.74) is 0.886. The van der Waals surface area contributed by atoms with Crippen molar-refractivity contribution in [3.63, 3.8) is 0 Å². The molecule has 0 saturated heterocycles. The van der Waals surface area contributed by atoms with Gasteiger partial charge in [-0.05, 0) is 13.3 Å². The zero-order chi connectivity index (χ0) is 10.4. The van der Waals surface area contributed by atoms with Gasteiger partial charge >= 0.3 is 0 Å². The molecule has 1 rings (SSSR count). The van der Waals surface area contributed by atoms with E-state index in [0.29, 0.717) is 18.2 Å². The zero-order valence-electron chi connectivity index (χ0n) is 8.37. The summed E-state index contributed by atoms with van der Waals surface area (Å²) in [6.45, 7) is 3.17. The number of nitrogens with one attached hydrogen (secondary N) is 1. The van der Waals surface area contributed by atoms with E-state index in [-0.39, 0.29) is 5.91 Å². The van der Waals surface area contributed by atoms with Crippen molar-refractivity contribution in [3.8, 4) is 0 Å². The Balaban J connectivity index is 2.29. The standard InChI is InChI=1S/C9H14N2O2S/c1-7-6-14-9(11-7)8(12)10-4-3-5-13-2/h6H,3-5H2,1-2H3,(H,10,12). The Morgan fingerprint density at radius 2 is 2.50 bits per heavy atom. The van der Waals surface area contributed by atoms with Crippen LogP contribution in [0.2, 0.25) is 0 Å². The van der Waals surface area contributed by atoms with E-state index in [0.717, 1.165) is 12.1 Å². The van der Waals surface area contributed by atoms with Gasteiger partial charge in [0.05, 0.1) is 0 Å². The highest BCUT2D eigenvalue weighted by atomic mass is 32.1. The molecule has 1 N–H and O–H groups in total. The van der Waals surface area contributed by atoms with Gasteiger partial charge in [0.1, 0.15) is 0 Å². The molecule has 0 aromatic carbocycles. The van der Waals surface area contributed by atoms with Crippen LogP contribution in [0.25, 0.3) is 0 Å². The lowest BCUT2D eigenvalue weighted by molar-refractivity contribution is 0.0948. The number of thiazole rings is 1. The van der Waals surface area contributed by atoms with Crippen molar-refractivity contribution in [1.82, 2.24) is 10.3 Å². The number of aromatic nitrogens is 1. The summed E-state index contributed by atoms with van der Waals surface area (Å²) in [7, 11) is 1.64. The van der Waals surface area contributed by atoms with Gasteiger partial charge in [0, 0.05) is 31.3 Å². The minimum absolute atomic E-state index is 0.0980. The van der Waals surface area contributed by atoms with Crippen LogP contribution in [0.15, 0.2) is 5.38 Å². The molecule has 0 radical (unpaired) electrons. The molecule has 0 bridgehead atoms. The van der Waals surface area contributed by atoms with Crippen LogP contribution in [0.4, 0.5) is 0 Å². The van der Waals surface area contributed by atoms with Crippen LogP contribution in [-0.4, -0.2) is 31.2 Å². The minimum Gasteiger partial charge on any atom is -0.385 e. The second-order valence-electron chi connectivity index (χ2n) is 2.90. The largest absolute Gasteiger partial charge is 0.385 e. The lowest BCUT2D eigenvalue weighted by Gasteiger charge is -2.01. The van der Waals surface area contributed by atoms with Crippen LogP contribution in [0.1, 0.15) is 21.9 Å². The van der Waals surface area contributed by atoms with Gasteiger partial charge in [-0.15, -0.1) is 11.3 Å². The second kappa shape index (κ2) is 5.72. The summed E-state index contributed by atoms with van der Waals surface area (Å²) >= 11 is 1.37. The Hall–Kier alpha value is -0.940. The van der Waals surface area contributed by atoms with Gasteiger partial charge in [-0.1, -0.05) is 0 Å². The SMILES string of the molecule is COCCCNC(=O)c1nc(C)cs1. The number of ether oxygens (including phenoxy) is 1. The van der Waals surface area contributed by atoms with E-state index >= 15 is 0 Å². The predicted octanol–water partition coefficient (Wildman–Crippen LogP) is 1.22. The molecule has 14 heavy (non-hydrogen) atoms. The summed E-state index contributed by atoms with van der Waals surface area (Å²) in [5, 5.41) is 5.17. The summed E-state index contributed by atoms with van der Waals surface area (Å²) in [5.74, 6) is -0.0980. The topological polar surface area (TPSA) is 51.2 Å². The van der Waals surface area contributed by atoms with Crippen LogP contribution >= 0.6 is 11.3 Å². The van der Waals surface area contributed by atoms with E-state index in [1.54, 1.807) is 7.11 Å². The Labute approximate surface area is 87.3 Å². The van der Waals surface area contributed by atoms with Gasteiger partial charge < -0.3 is 10.1 Å². The number of nitrogens with zero attached hydrogens (tertiary/aromatic N) is 1. The van der Waals surface area contributed by atoms with Crippen LogP contribution in [0, 0.1) is 6.92 Å². The monoisotopic (exact) mass is 214 g/mol. The molecule has 78 valence electrons. The maximum Gasteiger partial charge on any atom is 0.280 e. The molecule has 1 amide bonds. The second-order valence-corrected chi connectivity index (χ2v) is 3.75. The van der Waals surface area contributed by atoms with Crippen LogP contribution in [0.5, 0.6) is 0 Å². The smallest absolute Gasteiger partial charge is 0.280 e. The zero-order valence-corrected chi connectivity index (χ0v) is 9.19. The number of hydrogen-bond acceptors (Lipinski definition) is 4. The van der Waals surface area contributed by atoms with E-state index in [9.17, 15) is 4.79 Å². The first-order valence-electron chi connectivity index (χ1n) is 4.43. The Kier molecular flexibility index (Phi) is 4.55. The van der Waals surface area contributed by atoms with Gasteiger partial charge in [-0.25, -0.2) is 4.98 Å². The number of aryl methyl sites for hydroxylation is 1. The van der Waals surface area contributed by atoms with Gasteiger partial charge in [0.2, 0.25) is 0 Å². The Bertz CT molecular complexity index is 299. The average molecular weight is 214 g/mol. The molecule has 0 aliphatic heterocycles. The fraction of sp³-hybridized carbons (Fsp3) is 0.556. The van der Waals surface area contributed by atoms with Crippen LogP contribution in [0.3, 0.4) is 0 Å².